The van der Waals surface area contributed by atoms with E-state index in [0.717, 1.165) is 0 Å². The van der Waals surface area contributed by atoms with E-state index in [0.29, 0.717) is 6.61 Å². The summed E-state index contributed by atoms with van der Waals surface area (Å²) >= 11 is 0. The van der Waals surface area contributed by atoms with Crippen LogP contribution in [0.25, 0.3) is 0 Å². The highest BCUT2D eigenvalue weighted by molar-refractivity contribution is 5.73. The molecule has 0 spiro atoms. The molecule has 136 valence electrons. The molecule has 2 fully saturated rings. The van der Waals surface area contributed by atoms with Gasteiger partial charge >= 0.3 is 11.9 Å². The van der Waals surface area contributed by atoms with Gasteiger partial charge in [-0.3, -0.25) is 14.4 Å². The zero-order chi connectivity index (χ0) is 17.9. The first kappa shape index (κ1) is 18.6. The van der Waals surface area contributed by atoms with Crippen LogP contribution < -0.4 is 5.32 Å². The molecule has 0 aliphatic carbocycles. The quantitative estimate of drug-likeness (QED) is 0.643. The van der Waals surface area contributed by atoms with Gasteiger partial charge in [-0.1, -0.05) is 0 Å². The highest BCUT2D eigenvalue weighted by Gasteiger charge is 2.63. The molecule has 0 radical (unpaired) electrons. The Morgan fingerprint density at radius 3 is 2.38 bits per heavy atom. The minimum atomic E-state index is -1.10. The second-order valence-electron chi connectivity index (χ2n) is 5.83. The molecule has 2 aliphatic heterocycles. The monoisotopic (exact) mass is 345 g/mol. The molecule has 1 N–H and O–H groups in total. The summed E-state index contributed by atoms with van der Waals surface area (Å²) in [4.78, 5) is 34.6. The molecule has 9 heteroatoms. The summed E-state index contributed by atoms with van der Waals surface area (Å²) in [5.41, 5.74) is -1.10. The maximum atomic E-state index is 11.6. The van der Waals surface area contributed by atoms with Crippen LogP contribution in [0.4, 0.5) is 0 Å². The fourth-order valence-corrected chi connectivity index (χ4v) is 2.99. The van der Waals surface area contributed by atoms with E-state index in [1.807, 2.05) is 6.92 Å². The van der Waals surface area contributed by atoms with Crippen LogP contribution in [0.3, 0.4) is 0 Å². The number of amides is 1. The molecule has 5 atom stereocenters. The minimum Gasteiger partial charge on any atom is -0.456 e. The third-order valence-electron chi connectivity index (χ3n) is 3.82. The largest absolute Gasteiger partial charge is 0.456 e. The number of carbonyl (C=O) groups is 3. The maximum absolute atomic E-state index is 11.6. The van der Waals surface area contributed by atoms with Crippen LogP contribution in [0, 0.1) is 0 Å². The van der Waals surface area contributed by atoms with Crippen molar-refractivity contribution in [2.45, 2.75) is 57.8 Å². The van der Waals surface area contributed by atoms with Crippen molar-refractivity contribution in [3.05, 3.63) is 0 Å². The molecule has 9 nitrogen and oxygen atoms in total. The van der Waals surface area contributed by atoms with Gasteiger partial charge in [0.1, 0.15) is 6.04 Å². The highest BCUT2D eigenvalue weighted by atomic mass is 16.8. The number of carbonyl (C=O) groups excluding carboxylic acids is 3. The van der Waals surface area contributed by atoms with Crippen molar-refractivity contribution in [3.63, 3.8) is 0 Å². The number of nitrogens with one attached hydrogen (secondary N) is 1. The molecule has 0 aromatic rings. The number of ether oxygens (including phenoxy) is 5. The molecular formula is C15H23NO8. The van der Waals surface area contributed by atoms with E-state index in [4.69, 9.17) is 23.7 Å². The molecular weight excluding hydrogens is 322 g/mol. The van der Waals surface area contributed by atoms with Gasteiger partial charge in [0, 0.05) is 27.4 Å². The van der Waals surface area contributed by atoms with Gasteiger partial charge in [-0.25, -0.2) is 0 Å². The lowest BCUT2D eigenvalue weighted by atomic mass is 9.87. The zero-order valence-corrected chi connectivity index (χ0v) is 14.2. The normalized spacial score (nSPS) is 34.5. The van der Waals surface area contributed by atoms with Crippen molar-refractivity contribution in [1.82, 2.24) is 5.32 Å². The third-order valence-corrected chi connectivity index (χ3v) is 3.82. The topological polar surface area (TPSA) is 109 Å². The van der Waals surface area contributed by atoms with E-state index in [-0.39, 0.29) is 19.1 Å². The van der Waals surface area contributed by atoms with Gasteiger partial charge in [0.15, 0.2) is 24.1 Å². The highest BCUT2D eigenvalue weighted by Crippen LogP contribution is 2.40. The molecule has 0 aromatic carbocycles. The van der Waals surface area contributed by atoms with Crippen LogP contribution in [-0.2, 0) is 38.1 Å². The first-order valence-electron chi connectivity index (χ1n) is 7.78. The molecule has 2 heterocycles. The molecule has 0 unspecified atom stereocenters. The summed E-state index contributed by atoms with van der Waals surface area (Å²) in [6.45, 7) is 6.24. The van der Waals surface area contributed by atoms with Crippen LogP contribution in [-0.4, -0.2) is 67.8 Å². The minimum absolute atomic E-state index is 0.0868. The Hall–Kier alpha value is -1.71. The molecule has 1 amide bonds. The average Bonchev–Trinajstić information content (AvgIpc) is 2.86. The Bertz CT molecular complexity index is 510. The molecule has 0 aromatic heterocycles. The van der Waals surface area contributed by atoms with E-state index < -0.39 is 42.1 Å². The lowest BCUT2D eigenvalue weighted by Crippen LogP contribution is -2.68. The maximum Gasteiger partial charge on any atom is 0.303 e. The summed E-state index contributed by atoms with van der Waals surface area (Å²) in [6.07, 6.45) is -2.75. The smallest absolute Gasteiger partial charge is 0.303 e. The van der Waals surface area contributed by atoms with Gasteiger partial charge in [-0.2, -0.15) is 0 Å². The fourth-order valence-electron chi connectivity index (χ4n) is 2.99. The van der Waals surface area contributed by atoms with Crippen LogP contribution in [0.5, 0.6) is 0 Å². The van der Waals surface area contributed by atoms with E-state index in [9.17, 15) is 14.4 Å². The average molecular weight is 345 g/mol. The Labute approximate surface area is 139 Å². The molecule has 2 aliphatic rings. The summed E-state index contributed by atoms with van der Waals surface area (Å²) < 4.78 is 27.7. The molecule has 2 bridgehead atoms. The van der Waals surface area contributed by atoms with E-state index in [1.54, 1.807) is 0 Å². The Balaban J connectivity index is 2.37. The van der Waals surface area contributed by atoms with Crippen LogP contribution >= 0.6 is 0 Å². The summed E-state index contributed by atoms with van der Waals surface area (Å²) in [5, 5.41) is 2.64. The number of esters is 2. The number of fused-ring (bicyclic) bond motifs is 2. The lowest BCUT2D eigenvalue weighted by molar-refractivity contribution is -0.250. The van der Waals surface area contributed by atoms with Crippen LogP contribution in [0.1, 0.15) is 27.7 Å². The van der Waals surface area contributed by atoms with Gasteiger partial charge in [-0.15, -0.1) is 0 Å². The van der Waals surface area contributed by atoms with Gasteiger partial charge in [0.25, 0.3) is 0 Å². The second-order valence-corrected chi connectivity index (χ2v) is 5.83. The van der Waals surface area contributed by atoms with Crippen molar-refractivity contribution >= 4 is 17.8 Å². The predicted molar refractivity (Wildman–Crippen MR) is 78.8 cm³/mol. The van der Waals surface area contributed by atoms with E-state index >= 15 is 0 Å². The fraction of sp³-hybridized carbons (Fsp3) is 0.800. The van der Waals surface area contributed by atoms with E-state index in [1.165, 1.54) is 20.8 Å². The van der Waals surface area contributed by atoms with Crippen molar-refractivity contribution in [2.75, 3.05) is 19.8 Å². The SMILES string of the molecule is CCOC[C@@]12CO[C@@H](O1)[C@H](NC(C)=O)[C@@H](OC(C)=O)[C@H]2OC(C)=O. The first-order valence-corrected chi connectivity index (χ1v) is 7.78. The summed E-state index contributed by atoms with van der Waals surface area (Å²) in [7, 11) is 0. The van der Waals surface area contributed by atoms with E-state index in [2.05, 4.69) is 5.32 Å². The number of hydrogen-bond donors (Lipinski definition) is 1. The van der Waals surface area contributed by atoms with Crippen LogP contribution in [0.2, 0.25) is 0 Å². The third kappa shape index (κ3) is 3.85. The summed E-state index contributed by atoms with van der Waals surface area (Å²) in [6, 6.07) is -0.798. The zero-order valence-electron chi connectivity index (χ0n) is 14.2. The van der Waals surface area contributed by atoms with Gasteiger partial charge in [0.2, 0.25) is 5.91 Å². The number of rotatable bonds is 6. The molecule has 24 heavy (non-hydrogen) atoms. The van der Waals surface area contributed by atoms with Gasteiger partial charge < -0.3 is 29.0 Å². The second kappa shape index (κ2) is 7.45. The van der Waals surface area contributed by atoms with Crippen molar-refractivity contribution < 1.29 is 38.1 Å². The standard InChI is InChI=1S/C15H23NO8/c1-5-20-6-15-7-21-14(24-15)11(16-8(2)17)12(22-9(3)18)13(15)23-10(4)19/h11-14H,5-7H2,1-4H3,(H,16,17)/t11-,12-,13-,14+,15+/m1/s1. The molecule has 0 saturated carbocycles. The van der Waals surface area contributed by atoms with Gasteiger partial charge in [0.05, 0.1) is 13.2 Å². The first-order chi connectivity index (χ1) is 11.3. The Morgan fingerprint density at radius 1 is 1.17 bits per heavy atom. The Morgan fingerprint density at radius 2 is 1.83 bits per heavy atom. The van der Waals surface area contributed by atoms with Gasteiger partial charge in [-0.05, 0) is 6.92 Å². The van der Waals surface area contributed by atoms with Crippen LogP contribution in [0.15, 0.2) is 0 Å². The molecule has 2 saturated heterocycles. The predicted octanol–water partition coefficient (Wildman–Crippen LogP) is -0.484. The number of hydrogen-bond acceptors (Lipinski definition) is 8. The van der Waals surface area contributed by atoms with Crippen molar-refractivity contribution in [2.24, 2.45) is 0 Å². The molecule has 2 rings (SSSR count). The van der Waals surface area contributed by atoms with Crippen molar-refractivity contribution in [3.8, 4) is 0 Å². The Kier molecular flexibility index (Phi) is 5.79. The van der Waals surface area contributed by atoms with Crippen molar-refractivity contribution in [1.29, 1.82) is 0 Å². The lowest BCUT2D eigenvalue weighted by Gasteiger charge is -2.45. The summed E-state index contributed by atoms with van der Waals surface area (Å²) in [5.74, 6) is -1.49.